The number of rotatable bonds is 8. The molecule has 2 aliphatic heterocycles. The van der Waals surface area contributed by atoms with Crippen molar-refractivity contribution in [2.45, 2.75) is 44.7 Å². The van der Waals surface area contributed by atoms with Crippen LogP contribution in [-0.2, 0) is 27.5 Å². The van der Waals surface area contributed by atoms with E-state index in [0.29, 0.717) is 19.8 Å². The first kappa shape index (κ1) is 18.9. The molecule has 0 N–H and O–H groups in total. The van der Waals surface area contributed by atoms with E-state index in [1.807, 2.05) is 60.4 Å². The average Bonchev–Trinajstić information content (AvgIpc) is 3.01. The van der Waals surface area contributed by atoms with E-state index in [-0.39, 0.29) is 30.0 Å². The number of fused-ring (bicyclic) bond motifs is 1. The molecule has 4 atom stereocenters. The van der Waals surface area contributed by atoms with Gasteiger partial charge in [-0.05, 0) is 24.5 Å². The van der Waals surface area contributed by atoms with E-state index in [4.69, 9.17) is 9.47 Å². The fourth-order valence-corrected chi connectivity index (χ4v) is 4.36. The third-order valence-corrected chi connectivity index (χ3v) is 5.76. The van der Waals surface area contributed by atoms with Gasteiger partial charge in [0.1, 0.15) is 0 Å². The van der Waals surface area contributed by atoms with Gasteiger partial charge in [0.15, 0.2) is 0 Å². The van der Waals surface area contributed by atoms with Gasteiger partial charge in [-0.15, -0.1) is 0 Å². The van der Waals surface area contributed by atoms with Crippen LogP contribution in [0.1, 0.15) is 24.5 Å². The second-order valence-corrected chi connectivity index (χ2v) is 7.78. The summed E-state index contributed by atoms with van der Waals surface area (Å²) in [4.78, 5) is 14.7. The zero-order valence-electron chi connectivity index (χ0n) is 16.3. The largest absolute Gasteiger partial charge is 0.375 e. The van der Waals surface area contributed by atoms with Crippen LogP contribution >= 0.6 is 0 Å². The smallest absolute Gasteiger partial charge is 0.232 e. The number of hydrogen-bond acceptors (Lipinski definition) is 3. The first-order valence-corrected chi connectivity index (χ1v) is 9.90. The highest BCUT2D eigenvalue weighted by atomic mass is 16.5. The third kappa shape index (κ3) is 3.75. The molecule has 0 saturated carbocycles. The molecule has 0 radical (unpaired) electrons. The minimum absolute atomic E-state index is 0.0192. The molecule has 0 bridgehead atoms. The van der Waals surface area contributed by atoms with Crippen molar-refractivity contribution < 1.29 is 14.3 Å². The van der Waals surface area contributed by atoms with Crippen LogP contribution in [0.4, 0.5) is 0 Å². The van der Waals surface area contributed by atoms with Gasteiger partial charge < -0.3 is 14.4 Å². The quantitative estimate of drug-likeness (QED) is 0.516. The maximum Gasteiger partial charge on any atom is 0.232 e. The SMILES string of the molecule is C=C(C)[C@@H]1C(=O)N2[C@@H]1C[C@H](OCc1ccccc1)[C@@H]2COCc1ccccc1. The van der Waals surface area contributed by atoms with Gasteiger partial charge in [-0.1, -0.05) is 72.8 Å². The van der Waals surface area contributed by atoms with Gasteiger partial charge in [0, 0.05) is 0 Å². The maximum absolute atomic E-state index is 12.7. The molecule has 146 valence electrons. The van der Waals surface area contributed by atoms with E-state index in [0.717, 1.165) is 23.1 Å². The van der Waals surface area contributed by atoms with Crippen molar-refractivity contribution in [2.75, 3.05) is 6.61 Å². The maximum atomic E-state index is 12.7. The van der Waals surface area contributed by atoms with E-state index < -0.39 is 0 Å². The number of amides is 1. The number of ether oxygens (including phenoxy) is 2. The molecule has 4 heteroatoms. The van der Waals surface area contributed by atoms with Gasteiger partial charge in [0.2, 0.25) is 5.91 Å². The van der Waals surface area contributed by atoms with Crippen LogP contribution in [0.15, 0.2) is 72.8 Å². The van der Waals surface area contributed by atoms with Gasteiger partial charge in [-0.2, -0.15) is 0 Å². The Morgan fingerprint density at radius 3 is 2.25 bits per heavy atom. The summed E-state index contributed by atoms with van der Waals surface area (Å²) < 4.78 is 12.2. The Morgan fingerprint density at radius 1 is 1.04 bits per heavy atom. The van der Waals surface area contributed by atoms with E-state index in [1.54, 1.807) is 0 Å². The summed E-state index contributed by atoms with van der Waals surface area (Å²) in [5.41, 5.74) is 3.22. The minimum Gasteiger partial charge on any atom is -0.375 e. The van der Waals surface area contributed by atoms with Crippen LogP contribution in [0.2, 0.25) is 0 Å². The fourth-order valence-electron chi connectivity index (χ4n) is 4.36. The van der Waals surface area contributed by atoms with Crippen molar-refractivity contribution in [1.82, 2.24) is 4.90 Å². The van der Waals surface area contributed by atoms with Crippen molar-refractivity contribution in [1.29, 1.82) is 0 Å². The molecule has 2 fully saturated rings. The Hall–Kier alpha value is -2.43. The summed E-state index contributed by atoms with van der Waals surface area (Å²) >= 11 is 0. The predicted octanol–water partition coefficient (Wildman–Crippen LogP) is 3.96. The van der Waals surface area contributed by atoms with E-state index in [1.165, 1.54) is 0 Å². The normalized spacial score (nSPS) is 26.0. The molecule has 4 nitrogen and oxygen atoms in total. The van der Waals surface area contributed by atoms with Crippen molar-refractivity contribution >= 4 is 5.91 Å². The Morgan fingerprint density at radius 2 is 1.64 bits per heavy atom. The van der Waals surface area contributed by atoms with Crippen LogP contribution in [0.5, 0.6) is 0 Å². The molecule has 2 heterocycles. The Balaban J connectivity index is 1.41. The molecule has 2 aliphatic rings. The highest BCUT2D eigenvalue weighted by Crippen LogP contribution is 2.43. The highest BCUT2D eigenvalue weighted by Gasteiger charge is 2.58. The lowest BCUT2D eigenvalue weighted by atomic mass is 9.83. The van der Waals surface area contributed by atoms with Crippen LogP contribution in [0, 0.1) is 5.92 Å². The second-order valence-electron chi connectivity index (χ2n) is 7.78. The molecule has 0 unspecified atom stereocenters. The third-order valence-electron chi connectivity index (χ3n) is 5.76. The summed E-state index contributed by atoms with van der Waals surface area (Å²) in [6, 6.07) is 20.4. The number of nitrogens with zero attached hydrogens (tertiary/aromatic N) is 1. The first-order chi connectivity index (χ1) is 13.6. The first-order valence-electron chi connectivity index (χ1n) is 9.90. The molecular weight excluding hydrogens is 350 g/mol. The van der Waals surface area contributed by atoms with Crippen molar-refractivity contribution in [3.05, 3.63) is 83.9 Å². The van der Waals surface area contributed by atoms with Crippen LogP contribution in [0.3, 0.4) is 0 Å². The molecule has 28 heavy (non-hydrogen) atoms. The Labute approximate surface area is 166 Å². The predicted molar refractivity (Wildman–Crippen MR) is 108 cm³/mol. The van der Waals surface area contributed by atoms with Gasteiger partial charge in [0.05, 0.1) is 43.9 Å². The monoisotopic (exact) mass is 377 g/mol. The van der Waals surface area contributed by atoms with Crippen molar-refractivity contribution in [3.8, 4) is 0 Å². The molecule has 0 spiro atoms. The standard InChI is InChI=1S/C24H27NO3/c1-17(2)23-20-13-22(28-15-19-11-7-4-8-12-19)21(25(20)24(23)26)16-27-14-18-9-5-3-6-10-18/h3-12,20-23H,1,13-16H2,2H3/t20-,21+,22+,23+/m1/s1. The minimum atomic E-state index is -0.0676. The molecule has 2 aromatic rings. The molecule has 4 rings (SSSR count). The lowest BCUT2D eigenvalue weighted by Crippen LogP contribution is -2.61. The average molecular weight is 377 g/mol. The molecular formula is C24H27NO3. The van der Waals surface area contributed by atoms with Gasteiger partial charge in [-0.25, -0.2) is 0 Å². The number of carbonyl (C=O) groups is 1. The van der Waals surface area contributed by atoms with Gasteiger partial charge >= 0.3 is 0 Å². The Kier molecular flexibility index (Phi) is 5.60. The topological polar surface area (TPSA) is 38.8 Å². The number of carbonyl (C=O) groups excluding carboxylic acids is 1. The van der Waals surface area contributed by atoms with Crippen molar-refractivity contribution in [3.63, 3.8) is 0 Å². The summed E-state index contributed by atoms with van der Waals surface area (Å²) in [6.07, 6.45) is 0.824. The molecule has 0 aliphatic carbocycles. The zero-order chi connectivity index (χ0) is 19.5. The highest BCUT2D eigenvalue weighted by molar-refractivity contribution is 5.89. The van der Waals surface area contributed by atoms with E-state index in [2.05, 4.69) is 18.7 Å². The molecule has 2 saturated heterocycles. The van der Waals surface area contributed by atoms with Crippen molar-refractivity contribution in [2.24, 2.45) is 5.92 Å². The fraction of sp³-hybridized carbons (Fsp3) is 0.375. The van der Waals surface area contributed by atoms with Crippen LogP contribution < -0.4 is 0 Å². The Bertz CT molecular complexity index is 820. The van der Waals surface area contributed by atoms with Gasteiger partial charge in [0.25, 0.3) is 0 Å². The van der Waals surface area contributed by atoms with Gasteiger partial charge in [-0.3, -0.25) is 4.79 Å². The second kappa shape index (κ2) is 8.29. The summed E-state index contributed by atoms with van der Waals surface area (Å²) in [5.74, 6) is 0.0959. The summed E-state index contributed by atoms with van der Waals surface area (Å²) in [7, 11) is 0. The molecule has 2 aromatic carbocycles. The van der Waals surface area contributed by atoms with Crippen LogP contribution in [-0.4, -0.2) is 35.6 Å². The summed E-state index contributed by atoms with van der Waals surface area (Å²) in [6.45, 7) is 7.53. The van der Waals surface area contributed by atoms with E-state index in [9.17, 15) is 4.79 Å². The molecule has 1 amide bonds. The molecule has 0 aromatic heterocycles. The lowest BCUT2D eigenvalue weighted by molar-refractivity contribution is -0.156. The van der Waals surface area contributed by atoms with Crippen LogP contribution in [0.25, 0.3) is 0 Å². The lowest BCUT2D eigenvalue weighted by Gasteiger charge is -2.45. The number of β-lactam (4-membered cyclic amide) rings is 1. The number of hydrogen-bond donors (Lipinski definition) is 0. The summed E-state index contributed by atoms with van der Waals surface area (Å²) in [5, 5.41) is 0. The van der Waals surface area contributed by atoms with E-state index >= 15 is 0 Å². The zero-order valence-corrected chi connectivity index (χ0v) is 16.3. The number of benzene rings is 2.